The molecule has 1 aromatic carbocycles. The Hall–Kier alpha value is -1.76. The van der Waals surface area contributed by atoms with Gasteiger partial charge in [-0.2, -0.15) is 13.2 Å². The number of carbonyl (C=O) groups excluding carboxylic acids is 1. The summed E-state index contributed by atoms with van der Waals surface area (Å²) in [7, 11) is 0. The monoisotopic (exact) mass is 317 g/mol. The zero-order valence-electron chi connectivity index (χ0n) is 12.1. The van der Waals surface area contributed by atoms with Crippen molar-refractivity contribution in [1.82, 2.24) is 4.90 Å². The van der Waals surface area contributed by atoms with Crippen LogP contribution in [0.5, 0.6) is 5.75 Å². The lowest BCUT2D eigenvalue weighted by molar-refractivity contribution is -0.141. The molecule has 1 aliphatic heterocycles. The van der Waals surface area contributed by atoms with Gasteiger partial charge >= 0.3 is 6.18 Å². The third kappa shape index (κ3) is 4.13. The minimum atomic E-state index is -4.40. The zero-order chi connectivity index (χ0) is 16.3. The summed E-state index contributed by atoms with van der Waals surface area (Å²) in [5.74, 6) is -0.160. The van der Waals surface area contributed by atoms with Gasteiger partial charge in [-0.15, -0.1) is 0 Å². The fourth-order valence-electron chi connectivity index (χ4n) is 2.40. The minimum absolute atomic E-state index is 0.176. The van der Waals surface area contributed by atoms with Gasteiger partial charge in [-0.05, 0) is 25.1 Å². The van der Waals surface area contributed by atoms with E-state index in [4.69, 9.17) is 4.74 Å². The van der Waals surface area contributed by atoms with Gasteiger partial charge in [-0.1, -0.05) is 6.07 Å². The molecule has 1 atom stereocenters. The van der Waals surface area contributed by atoms with Crippen molar-refractivity contribution in [3.05, 3.63) is 29.8 Å². The fraction of sp³-hybridized carbons (Fsp3) is 0.533. The minimum Gasteiger partial charge on any atom is -0.490 e. The smallest absolute Gasteiger partial charge is 0.416 e. The summed E-state index contributed by atoms with van der Waals surface area (Å²) >= 11 is 0. The summed E-state index contributed by atoms with van der Waals surface area (Å²) in [6, 6.07) is 4.77. The van der Waals surface area contributed by atoms with E-state index in [0.29, 0.717) is 25.9 Å². The van der Waals surface area contributed by atoms with E-state index in [1.165, 1.54) is 24.0 Å². The van der Waals surface area contributed by atoms with Crippen molar-refractivity contribution in [3.8, 4) is 5.75 Å². The van der Waals surface area contributed by atoms with Crippen molar-refractivity contribution in [1.29, 1.82) is 0 Å². The molecule has 1 saturated heterocycles. The van der Waals surface area contributed by atoms with Crippen LogP contribution in [-0.2, 0) is 11.0 Å². The number of benzene rings is 1. The Bertz CT molecular complexity index is 523. The van der Waals surface area contributed by atoms with E-state index in [9.17, 15) is 23.1 Å². The highest BCUT2D eigenvalue weighted by Crippen LogP contribution is 2.32. The van der Waals surface area contributed by atoms with Gasteiger partial charge in [0.1, 0.15) is 18.0 Å². The summed E-state index contributed by atoms with van der Waals surface area (Å²) in [6.07, 6.45) is -4.63. The summed E-state index contributed by atoms with van der Waals surface area (Å²) in [5.41, 5.74) is -0.744. The Morgan fingerprint density at radius 1 is 1.36 bits per heavy atom. The first kappa shape index (κ1) is 16.6. The van der Waals surface area contributed by atoms with E-state index in [0.717, 1.165) is 12.1 Å². The third-order valence-corrected chi connectivity index (χ3v) is 3.58. The van der Waals surface area contributed by atoms with Crippen LogP contribution in [0, 0.1) is 0 Å². The molecule has 1 amide bonds. The molecule has 1 aliphatic rings. The molecule has 0 bridgehead atoms. The third-order valence-electron chi connectivity index (χ3n) is 3.58. The molecule has 1 N–H and O–H groups in total. The fourth-order valence-corrected chi connectivity index (χ4v) is 2.40. The number of hydrogen-bond donors (Lipinski definition) is 1. The number of nitrogens with zero attached hydrogens (tertiary/aromatic N) is 1. The van der Waals surface area contributed by atoms with E-state index in [1.54, 1.807) is 0 Å². The van der Waals surface area contributed by atoms with E-state index < -0.39 is 17.8 Å². The predicted molar refractivity (Wildman–Crippen MR) is 73.4 cm³/mol. The second-order valence-corrected chi connectivity index (χ2v) is 5.34. The molecule has 22 heavy (non-hydrogen) atoms. The first-order chi connectivity index (χ1) is 10.3. The van der Waals surface area contributed by atoms with Crippen LogP contribution in [-0.4, -0.2) is 41.2 Å². The molecule has 122 valence electrons. The Labute approximate surface area is 126 Å². The van der Waals surface area contributed by atoms with Crippen LogP contribution in [0.3, 0.4) is 0 Å². The van der Waals surface area contributed by atoms with Crippen LogP contribution >= 0.6 is 0 Å². The number of aliphatic hydroxyl groups is 1. The van der Waals surface area contributed by atoms with Gasteiger partial charge in [0.2, 0.25) is 0 Å². The standard InChI is InChI=1S/C15H18F3NO3/c1-10(20)14(21)19-7-5-12(6-8-19)22-13-4-2-3-11(9-13)15(16,17)18/h2-4,9-10,12,20H,5-8H2,1H3/t10-/m1/s1. The predicted octanol–water partition coefficient (Wildman–Crippen LogP) is 2.46. The Balaban J connectivity index is 1.93. The normalized spacial score (nSPS) is 18.1. The summed E-state index contributed by atoms with van der Waals surface area (Å²) in [4.78, 5) is 13.2. The number of piperidine rings is 1. The maximum absolute atomic E-state index is 12.6. The maximum Gasteiger partial charge on any atom is 0.416 e. The molecule has 0 unspecified atom stereocenters. The van der Waals surface area contributed by atoms with Gasteiger partial charge in [0.05, 0.1) is 5.56 Å². The number of hydrogen-bond acceptors (Lipinski definition) is 3. The van der Waals surface area contributed by atoms with Crippen LogP contribution in [0.1, 0.15) is 25.3 Å². The first-order valence-electron chi connectivity index (χ1n) is 7.08. The number of alkyl halides is 3. The van der Waals surface area contributed by atoms with Crippen molar-refractivity contribution < 1.29 is 27.8 Å². The van der Waals surface area contributed by atoms with Gasteiger partial charge in [0.25, 0.3) is 5.91 Å². The van der Waals surface area contributed by atoms with Crippen molar-refractivity contribution in [2.24, 2.45) is 0 Å². The number of halogens is 3. The number of rotatable bonds is 3. The van der Waals surface area contributed by atoms with Crippen molar-refractivity contribution >= 4 is 5.91 Å². The number of amides is 1. The van der Waals surface area contributed by atoms with Crippen molar-refractivity contribution in [3.63, 3.8) is 0 Å². The second kappa shape index (κ2) is 6.56. The molecular formula is C15H18F3NO3. The molecule has 0 aliphatic carbocycles. The molecule has 0 aromatic heterocycles. The highest BCUT2D eigenvalue weighted by atomic mass is 19.4. The number of aliphatic hydroxyl groups excluding tert-OH is 1. The van der Waals surface area contributed by atoms with E-state index in [2.05, 4.69) is 0 Å². The molecule has 0 radical (unpaired) electrons. The van der Waals surface area contributed by atoms with Gasteiger partial charge < -0.3 is 14.7 Å². The van der Waals surface area contributed by atoms with E-state index >= 15 is 0 Å². The van der Waals surface area contributed by atoms with Crippen molar-refractivity contribution in [2.75, 3.05) is 13.1 Å². The average molecular weight is 317 g/mol. The largest absolute Gasteiger partial charge is 0.490 e. The van der Waals surface area contributed by atoms with Crippen LogP contribution < -0.4 is 4.74 Å². The lowest BCUT2D eigenvalue weighted by atomic mass is 10.1. The topological polar surface area (TPSA) is 49.8 Å². The molecular weight excluding hydrogens is 299 g/mol. The van der Waals surface area contributed by atoms with E-state index in [-0.39, 0.29) is 17.8 Å². The lowest BCUT2D eigenvalue weighted by Gasteiger charge is -2.33. The molecule has 4 nitrogen and oxygen atoms in total. The van der Waals surface area contributed by atoms with Gasteiger partial charge in [0.15, 0.2) is 0 Å². The number of ether oxygens (including phenoxy) is 1. The molecule has 0 spiro atoms. The molecule has 1 aromatic rings. The number of carbonyl (C=O) groups is 1. The Morgan fingerprint density at radius 2 is 2.00 bits per heavy atom. The highest BCUT2D eigenvalue weighted by molar-refractivity contribution is 5.80. The average Bonchev–Trinajstić information content (AvgIpc) is 2.46. The summed E-state index contributed by atoms with van der Waals surface area (Å²) in [6.45, 7) is 2.26. The Morgan fingerprint density at radius 3 is 2.55 bits per heavy atom. The molecule has 1 heterocycles. The highest BCUT2D eigenvalue weighted by Gasteiger charge is 2.31. The maximum atomic E-state index is 12.6. The van der Waals surface area contributed by atoms with E-state index in [1.807, 2.05) is 0 Å². The molecule has 7 heteroatoms. The summed E-state index contributed by atoms with van der Waals surface area (Å²) in [5, 5.41) is 9.25. The van der Waals surface area contributed by atoms with Crippen LogP contribution in [0.25, 0.3) is 0 Å². The van der Waals surface area contributed by atoms with Gasteiger partial charge in [-0.25, -0.2) is 0 Å². The first-order valence-corrected chi connectivity index (χ1v) is 7.08. The van der Waals surface area contributed by atoms with Crippen LogP contribution in [0.4, 0.5) is 13.2 Å². The molecule has 1 fully saturated rings. The Kier molecular flexibility index (Phi) is 4.95. The lowest BCUT2D eigenvalue weighted by Crippen LogP contribution is -2.45. The quantitative estimate of drug-likeness (QED) is 0.932. The SMILES string of the molecule is C[C@@H](O)C(=O)N1CCC(Oc2cccc(C(F)(F)F)c2)CC1. The van der Waals surface area contributed by atoms with Crippen LogP contribution in [0.2, 0.25) is 0 Å². The zero-order valence-corrected chi connectivity index (χ0v) is 12.1. The van der Waals surface area contributed by atoms with Crippen LogP contribution in [0.15, 0.2) is 24.3 Å². The second-order valence-electron chi connectivity index (χ2n) is 5.34. The molecule has 0 saturated carbocycles. The number of likely N-dealkylation sites (tertiary alicyclic amines) is 1. The van der Waals surface area contributed by atoms with Gasteiger partial charge in [-0.3, -0.25) is 4.79 Å². The molecule has 2 rings (SSSR count). The summed E-state index contributed by atoms with van der Waals surface area (Å²) < 4.78 is 43.5. The van der Waals surface area contributed by atoms with Crippen molar-refractivity contribution in [2.45, 2.75) is 38.1 Å². The van der Waals surface area contributed by atoms with Gasteiger partial charge in [0, 0.05) is 25.9 Å².